The van der Waals surface area contributed by atoms with Gasteiger partial charge >= 0.3 is 0 Å². The fourth-order valence-electron chi connectivity index (χ4n) is 2.90. The number of carbonyl (C=O) groups excluding carboxylic acids is 2. The highest BCUT2D eigenvalue weighted by Gasteiger charge is 2.16. The number of nitrogens with zero attached hydrogens (tertiary/aromatic N) is 3. The second kappa shape index (κ2) is 10.6. The highest BCUT2D eigenvalue weighted by Crippen LogP contribution is 2.20. The van der Waals surface area contributed by atoms with Crippen molar-refractivity contribution < 1.29 is 9.59 Å². The third kappa shape index (κ3) is 6.41. The minimum absolute atomic E-state index is 0.111. The first kappa shape index (κ1) is 23.0. The van der Waals surface area contributed by atoms with Crippen LogP contribution in [0.25, 0.3) is 0 Å². The Morgan fingerprint density at radius 1 is 0.968 bits per heavy atom. The number of rotatable bonds is 8. The molecule has 2 N–H and O–H groups in total. The Hall–Kier alpha value is -2.65. The van der Waals surface area contributed by atoms with Gasteiger partial charge in [0, 0.05) is 22.4 Å². The zero-order chi connectivity index (χ0) is 22.4. The fraction of sp³-hybridized carbons (Fsp3) is 0.273. The molecule has 0 bridgehead atoms. The lowest BCUT2D eigenvalue weighted by Crippen LogP contribution is -2.18. The lowest BCUT2D eigenvalue weighted by Gasteiger charge is -2.09. The molecular weight excluding hydrogens is 478 g/mol. The predicted octanol–water partition coefficient (Wildman–Crippen LogP) is 4.59. The molecule has 0 unspecified atom stereocenters. The van der Waals surface area contributed by atoms with Gasteiger partial charge in [0.1, 0.15) is 5.82 Å². The third-order valence-electron chi connectivity index (χ3n) is 4.68. The highest BCUT2D eigenvalue weighted by atomic mass is 79.9. The van der Waals surface area contributed by atoms with E-state index in [1.54, 1.807) is 0 Å². The second-order valence-electron chi connectivity index (χ2n) is 7.01. The van der Waals surface area contributed by atoms with E-state index in [9.17, 15) is 9.59 Å². The molecule has 0 saturated heterocycles. The van der Waals surface area contributed by atoms with Crippen LogP contribution in [0.15, 0.2) is 52.1 Å². The first-order valence-electron chi connectivity index (χ1n) is 9.83. The summed E-state index contributed by atoms with van der Waals surface area (Å²) in [5.41, 5.74) is 3.79. The molecule has 0 spiro atoms. The summed E-state index contributed by atoms with van der Waals surface area (Å²) >= 11 is 4.66. The van der Waals surface area contributed by atoms with Crippen molar-refractivity contribution in [1.29, 1.82) is 0 Å². The van der Waals surface area contributed by atoms with E-state index in [0.717, 1.165) is 21.4 Å². The lowest BCUT2D eigenvalue weighted by atomic mass is 10.1. The summed E-state index contributed by atoms with van der Waals surface area (Å²) in [5.74, 6) is 0.477. The maximum atomic E-state index is 12.5. The monoisotopic (exact) mass is 501 g/mol. The minimum atomic E-state index is -0.158. The molecule has 2 amide bonds. The summed E-state index contributed by atoms with van der Waals surface area (Å²) in [6.45, 7) is 6.61. The average molecular weight is 502 g/mol. The molecule has 0 fully saturated rings. The molecule has 7 nitrogen and oxygen atoms in total. The van der Waals surface area contributed by atoms with Gasteiger partial charge < -0.3 is 15.2 Å². The average Bonchev–Trinajstić information content (AvgIpc) is 3.12. The van der Waals surface area contributed by atoms with E-state index in [4.69, 9.17) is 0 Å². The van der Waals surface area contributed by atoms with Crippen LogP contribution in [0, 0.1) is 13.8 Å². The fourth-order valence-corrected chi connectivity index (χ4v) is 3.99. The van der Waals surface area contributed by atoms with E-state index >= 15 is 0 Å². The summed E-state index contributed by atoms with van der Waals surface area (Å²) in [4.78, 5) is 24.7. The van der Waals surface area contributed by atoms with E-state index in [0.29, 0.717) is 17.5 Å². The first-order chi connectivity index (χ1) is 14.9. The van der Waals surface area contributed by atoms with Crippen molar-refractivity contribution in [3.63, 3.8) is 0 Å². The maximum absolute atomic E-state index is 12.5. The van der Waals surface area contributed by atoms with Gasteiger partial charge in [-0.1, -0.05) is 33.8 Å². The third-order valence-corrected chi connectivity index (χ3v) is 6.17. The number of aromatic nitrogens is 3. The summed E-state index contributed by atoms with van der Waals surface area (Å²) in [6.07, 6.45) is 0.111. The van der Waals surface area contributed by atoms with Gasteiger partial charge in [-0.05, 0) is 68.3 Å². The molecular formula is C22H24BrN5O2S. The van der Waals surface area contributed by atoms with E-state index in [-0.39, 0.29) is 24.0 Å². The Kier molecular flexibility index (Phi) is 7.86. The standard InChI is InChI=1S/C22H24BrN5O2S/c1-4-28-19(12-20(29)25-18-8-5-14(2)15(3)11-18)26-27-22(28)31-13-21(30)24-17-9-6-16(23)7-10-17/h5-11H,4,12-13H2,1-3H3,(H,24,30)(H,25,29). The van der Waals surface area contributed by atoms with Crippen molar-refractivity contribution in [3.05, 3.63) is 63.9 Å². The number of aryl methyl sites for hydroxylation is 2. The molecule has 1 aromatic heterocycles. The van der Waals surface area contributed by atoms with Crippen molar-refractivity contribution in [2.24, 2.45) is 0 Å². The van der Waals surface area contributed by atoms with E-state index in [2.05, 4.69) is 36.8 Å². The van der Waals surface area contributed by atoms with Gasteiger partial charge in [-0.25, -0.2) is 0 Å². The maximum Gasteiger partial charge on any atom is 0.234 e. The predicted molar refractivity (Wildman–Crippen MR) is 127 cm³/mol. The molecule has 162 valence electrons. The first-order valence-corrected chi connectivity index (χ1v) is 11.6. The summed E-state index contributed by atoms with van der Waals surface area (Å²) < 4.78 is 2.81. The van der Waals surface area contributed by atoms with Crippen molar-refractivity contribution in [1.82, 2.24) is 14.8 Å². The quantitative estimate of drug-likeness (QED) is 0.440. The Labute approximate surface area is 194 Å². The molecule has 3 aromatic rings. The number of halogens is 1. The highest BCUT2D eigenvalue weighted by molar-refractivity contribution is 9.10. The zero-order valence-electron chi connectivity index (χ0n) is 17.6. The van der Waals surface area contributed by atoms with Gasteiger partial charge in [-0.2, -0.15) is 0 Å². The van der Waals surface area contributed by atoms with Crippen molar-refractivity contribution in [2.75, 3.05) is 16.4 Å². The molecule has 9 heteroatoms. The normalized spacial score (nSPS) is 10.7. The number of hydrogen-bond donors (Lipinski definition) is 2. The van der Waals surface area contributed by atoms with Gasteiger partial charge in [0.25, 0.3) is 0 Å². The van der Waals surface area contributed by atoms with Crippen LogP contribution in [0.5, 0.6) is 0 Å². The van der Waals surface area contributed by atoms with Crippen LogP contribution < -0.4 is 10.6 Å². The molecule has 0 aliphatic heterocycles. The smallest absolute Gasteiger partial charge is 0.234 e. The topological polar surface area (TPSA) is 88.9 Å². The zero-order valence-corrected chi connectivity index (χ0v) is 20.0. The number of benzene rings is 2. The minimum Gasteiger partial charge on any atom is -0.326 e. The molecule has 0 aliphatic rings. The number of thioether (sulfide) groups is 1. The van der Waals surface area contributed by atoms with Crippen LogP contribution in [0.4, 0.5) is 11.4 Å². The molecule has 3 rings (SSSR count). The number of hydrogen-bond acceptors (Lipinski definition) is 5. The molecule has 0 radical (unpaired) electrons. The van der Waals surface area contributed by atoms with Gasteiger partial charge in [-0.3, -0.25) is 9.59 Å². The molecule has 0 atom stereocenters. The van der Waals surface area contributed by atoms with Crippen molar-refractivity contribution in [2.45, 2.75) is 38.9 Å². The van der Waals surface area contributed by atoms with E-state index < -0.39 is 0 Å². The van der Waals surface area contributed by atoms with Gasteiger partial charge in [0.15, 0.2) is 5.16 Å². The SMILES string of the molecule is CCn1c(CC(=O)Nc2ccc(C)c(C)c2)nnc1SCC(=O)Nc1ccc(Br)cc1. The van der Waals surface area contributed by atoms with Gasteiger partial charge in [0.2, 0.25) is 11.8 Å². The molecule has 0 aliphatic carbocycles. The number of carbonyl (C=O) groups is 2. The van der Waals surface area contributed by atoms with Gasteiger partial charge in [-0.15, -0.1) is 10.2 Å². The second-order valence-corrected chi connectivity index (χ2v) is 8.87. The van der Waals surface area contributed by atoms with E-state index in [1.807, 2.05) is 67.8 Å². The molecule has 31 heavy (non-hydrogen) atoms. The summed E-state index contributed by atoms with van der Waals surface area (Å²) in [6, 6.07) is 13.2. The molecule has 2 aromatic carbocycles. The lowest BCUT2D eigenvalue weighted by molar-refractivity contribution is -0.116. The van der Waals surface area contributed by atoms with Crippen LogP contribution in [-0.2, 0) is 22.6 Å². The summed E-state index contributed by atoms with van der Waals surface area (Å²) in [5, 5.41) is 14.7. The summed E-state index contributed by atoms with van der Waals surface area (Å²) in [7, 11) is 0. The Balaban J connectivity index is 1.58. The largest absolute Gasteiger partial charge is 0.326 e. The van der Waals surface area contributed by atoms with Crippen LogP contribution >= 0.6 is 27.7 Å². The number of nitrogens with one attached hydrogen (secondary N) is 2. The Morgan fingerprint density at radius 2 is 1.65 bits per heavy atom. The Bertz CT molecular complexity index is 1080. The molecule has 1 heterocycles. The van der Waals surface area contributed by atoms with Gasteiger partial charge in [0.05, 0.1) is 12.2 Å². The van der Waals surface area contributed by atoms with Crippen molar-refractivity contribution >= 4 is 50.9 Å². The van der Waals surface area contributed by atoms with E-state index in [1.165, 1.54) is 17.3 Å². The number of amides is 2. The van der Waals surface area contributed by atoms with Crippen molar-refractivity contribution in [3.8, 4) is 0 Å². The van der Waals surface area contributed by atoms with Crippen LogP contribution in [-0.4, -0.2) is 32.3 Å². The molecule has 0 saturated carbocycles. The van der Waals surface area contributed by atoms with Crippen LogP contribution in [0.3, 0.4) is 0 Å². The number of anilines is 2. The Morgan fingerprint density at radius 3 is 2.32 bits per heavy atom. The van der Waals surface area contributed by atoms with Crippen LogP contribution in [0.1, 0.15) is 23.9 Å². The van der Waals surface area contributed by atoms with Crippen LogP contribution in [0.2, 0.25) is 0 Å².